The summed E-state index contributed by atoms with van der Waals surface area (Å²) in [4.78, 5) is 49.3. The molecular weight excluding hydrogens is 527 g/mol. The maximum absolute atomic E-state index is 14.1. The number of guanidine groups is 1. The molecule has 0 bridgehead atoms. The van der Waals surface area contributed by atoms with Crippen LogP contribution in [0.5, 0.6) is 0 Å². The van der Waals surface area contributed by atoms with Crippen molar-refractivity contribution in [2.45, 2.75) is 26.2 Å². The minimum Gasteiger partial charge on any atom is -0.377 e. The zero-order valence-corrected chi connectivity index (χ0v) is 21.4. The van der Waals surface area contributed by atoms with Gasteiger partial charge in [-0.2, -0.15) is 4.99 Å². The molecule has 0 spiro atoms. The molecule has 2 amide bonds. The number of ether oxygens (including phenoxy) is 1. The summed E-state index contributed by atoms with van der Waals surface area (Å²) in [5, 5.41) is 0. The van der Waals surface area contributed by atoms with Crippen molar-refractivity contribution in [3.8, 4) is 0 Å². The molecule has 12 heteroatoms. The molecule has 2 aromatic carbocycles. The molecule has 9 nitrogen and oxygen atoms in total. The van der Waals surface area contributed by atoms with Crippen LogP contribution in [0, 0.1) is 17.5 Å². The average Bonchev–Trinajstić information content (AvgIpc) is 3.36. The average molecular weight is 552 g/mol. The second kappa shape index (κ2) is 10.8. The van der Waals surface area contributed by atoms with Crippen LogP contribution in [0.1, 0.15) is 32.6 Å². The number of nitrogens with zero attached hydrogens (tertiary/aromatic N) is 4. The summed E-state index contributed by atoms with van der Waals surface area (Å²) >= 11 is 0. The first-order chi connectivity index (χ1) is 19.2. The number of methoxy groups -OCH3 is 1. The molecule has 0 aliphatic carbocycles. The van der Waals surface area contributed by atoms with Crippen molar-refractivity contribution in [2.24, 2.45) is 4.99 Å². The number of aromatic nitrogens is 1. The number of urea groups is 1. The molecule has 2 aliphatic rings. The number of rotatable bonds is 7. The standard InChI is InChI=1S/C28H24F3N5O4/c1-16-35(11-17-9-22(29)25(31)23(30)10-17)27(33-28(39)36(16)13-19-6-4-8-32-26(19)38)34-12-18-5-3-7-20(21(18)14-34)24(37)15-40-2/h3-10H,1,11-15H2,2H3,(H,32,38). The van der Waals surface area contributed by atoms with Crippen LogP contribution < -0.4 is 5.56 Å². The van der Waals surface area contributed by atoms with E-state index in [4.69, 9.17) is 4.74 Å². The number of carbonyl (C=O) groups is 2. The number of aromatic amines is 1. The maximum Gasteiger partial charge on any atom is 0.352 e. The summed E-state index contributed by atoms with van der Waals surface area (Å²) in [6, 6.07) is 9.44. The van der Waals surface area contributed by atoms with E-state index in [1.165, 1.54) is 23.1 Å². The van der Waals surface area contributed by atoms with Crippen LogP contribution >= 0.6 is 0 Å². The van der Waals surface area contributed by atoms with Gasteiger partial charge in [-0.05, 0) is 34.9 Å². The third-order valence-corrected chi connectivity index (χ3v) is 6.75. The fraction of sp³-hybridized carbons (Fsp3) is 0.214. The Morgan fingerprint density at radius 1 is 1.05 bits per heavy atom. The lowest BCUT2D eigenvalue weighted by Gasteiger charge is -2.40. The largest absolute Gasteiger partial charge is 0.377 e. The van der Waals surface area contributed by atoms with Gasteiger partial charge < -0.3 is 14.6 Å². The Morgan fingerprint density at radius 3 is 2.50 bits per heavy atom. The molecule has 5 rings (SSSR count). The highest BCUT2D eigenvalue weighted by atomic mass is 19.2. The molecule has 0 fully saturated rings. The number of halogens is 3. The van der Waals surface area contributed by atoms with Gasteiger partial charge in [0.05, 0.1) is 13.1 Å². The molecule has 0 saturated heterocycles. The van der Waals surface area contributed by atoms with Gasteiger partial charge in [0.15, 0.2) is 23.2 Å². The highest BCUT2D eigenvalue weighted by Crippen LogP contribution is 2.31. The van der Waals surface area contributed by atoms with E-state index < -0.39 is 29.0 Å². The third-order valence-electron chi connectivity index (χ3n) is 6.75. The van der Waals surface area contributed by atoms with Gasteiger partial charge in [-0.15, -0.1) is 0 Å². The van der Waals surface area contributed by atoms with Gasteiger partial charge in [-0.1, -0.05) is 30.8 Å². The highest BCUT2D eigenvalue weighted by Gasteiger charge is 2.37. The van der Waals surface area contributed by atoms with Crippen molar-refractivity contribution in [3.05, 3.63) is 117 Å². The van der Waals surface area contributed by atoms with Crippen molar-refractivity contribution in [3.63, 3.8) is 0 Å². The van der Waals surface area contributed by atoms with Crippen molar-refractivity contribution < 1.29 is 27.5 Å². The Labute approximate surface area is 226 Å². The molecule has 2 aliphatic heterocycles. The summed E-state index contributed by atoms with van der Waals surface area (Å²) in [5.74, 6) is -4.32. The van der Waals surface area contributed by atoms with Crippen LogP contribution in [0.4, 0.5) is 18.0 Å². The highest BCUT2D eigenvalue weighted by molar-refractivity contribution is 6.00. The number of ketones is 1. The molecule has 3 aromatic rings. The van der Waals surface area contributed by atoms with Crippen LogP contribution in [-0.2, 0) is 30.9 Å². The Morgan fingerprint density at radius 2 is 1.80 bits per heavy atom. The van der Waals surface area contributed by atoms with Gasteiger partial charge in [0.2, 0.25) is 5.96 Å². The number of aliphatic imine (C=N–C) groups is 1. The number of pyridine rings is 1. The summed E-state index contributed by atoms with van der Waals surface area (Å²) < 4.78 is 46.8. The van der Waals surface area contributed by atoms with Crippen LogP contribution in [-0.4, -0.2) is 51.2 Å². The van der Waals surface area contributed by atoms with E-state index in [1.54, 1.807) is 29.2 Å². The zero-order chi connectivity index (χ0) is 28.6. The first-order valence-electron chi connectivity index (χ1n) is 12.2. The summed E-state index contributed by atoms with van der Waals surface area (Å²) in [6.07, 6.45) is 1.45. The van der Waals surface area contributed by atoms with Gasteiger partial charge in [0.25, 0.3) is 5.56 Å². The molecular formula is C28H24F3N5O4. The minimum absolute atomic E-state index is 0.0600. The summed E-state index contributed by atoms with van der Waals surface area (Å²) in [7, 11) is 1.43. The quantitative estimate of drug-likeness (QED) is 0.353. The normalized spacial score (nSPS) is 15.0. The summed E-state index contributed by atoms with van der Waals surface area (Å²) in [5.41, 5.74) is 1.97. The van der Waals surface area contributed by atoms with E-state index in [1.807, 2.05) is 6.07 Å². The molecule has 1 N–H and O–H groups in total. The second-order valence-corrected chi connectivity index (χ2v) is 9.34. The lowest BCUT2D eigenvalue weighted by Crippen LogP contribution is -2.51. The monoisotopic (exact) mass is 551 g/mol. The first kappa shape index (κ1) is 26.9. The fourth-order valence-corrected chi connectivity index (χ4v) is 4.81. The van der Waals surface area contributed by atoms with Crippen LogP contribution in [0.3, 0.4) is 0 Å². The predicted octanol–water partition coefficient (Wildman–Crippen LogP) is 3.90. The van der Waals surface area contributed by atoms with E-state index in [0.717, 1.165) is 23.3 Å². The SMILES string of the molecule is C=C1N(Cc2ccc[nH]c2=O)C(=O)N=C(N2Cc3cccc(C(=O)COC)c3C2)N1Cc1cc(F)c(F)c(F)c1. The van der Waals surface area contributed by atoms with Gasteiger partial charge in [0.1, 0.15) is 12.4 Å². The number of nitrogens with one attached hydrogen (secondary N) is 1. The number of H-pyrrole nitrogens is 1. The molecule has 0 atom stereocenters. The van der Waals surface area contributed by atoms with E-state index >= 15 is 0 Å². The molecule has 206 valence electrons. The van der Waals surface area contributed by atoms with Gasteiger partial charge in [0, 0.05) is 37.5 Å². The van der Waals surface area contributed by atoms with Crippen LogP contribution in [0.2, 0.25) is 0 Å². The van der Waals surface area contributed by atoms with Gasteiger partial charge >= 0.3 is 6.03 Å². The Kier molecular flexibility index (Phi) is 7.26. The number of fused-ring (bicyclic) bond motifs is 1. The topological polar surface area (TPSA) is 98.3 Å². The lowest BCUT2D eigenvalue weighted by molar-refractivity contribution is 0.0846. The Hall–Kier alpha value is -4.71. The van der Waals surface area contributed by atoms with Crippen LogP contribution in [0.15, 0.2) is 70.8 Å². The lowest BCUT2D eigenvalue weighted by atomic mass is 10.0. The van der Waals surface area contributed by atoms with E-state index in [2.05, 4.69) is 16.6 Å². The zero-order valence-electron chi connectivity index (χ0n) is 21.4. The molecule has 0 radical (unpaired) electrons. The predicted molar refractivity (Wildman–Crippen MR) is 138 cm³/mol. The van der Waals surface area contributed by atoms with Gasteiger partial charge in [-0.25, -0.2) is 18.0 Å². The first-order valence-corrected chi connectivity index (χ1v) is 12.2. The second-order valence-electron chi connectivity index (χ2n) is 9.34. The van der Waals surface area contributed by atoms with Crippen molar-refractivity contribution >= 4 is 17.8 Å². The number of benzene rings is 2. The van der Waals surface area contributed by atoms with Crippen molar-refractivity contribution in [1.82, 2.24) is 19.7 Å². The molecule has 0 unspecified atom stereocenters. The Bertz CT molecular complexity index is 1600. The number of carbonyl (C=O) groups excluding carboxylic acids is 2. The Balaban J connectivity index is 1.52. The minimum atomic E-state index is -1.60. The number of amides is 2. The third kappa shape index (κ3) is 5.00. The molecule has 40 heavy (non-hydrogen) atoms. The number of Topliss-reactive ketones (excluding diaryl/α,β-unsaturated/α-hetero) is 1. The van der Waals surface area contributed by atoms with Crippen LogP contribution in [0.25, 0.3) is 0 Å². The smallest absolute Gasteiger partial charge is 0.352 e. The summed E-state index contributed by atoms with van der Waals surface area (Å²) in [6.45, 7) is 4.04. The van der Waals surface area contributed by atoms with E-state index in [9.17, 15) is 27.6 Å². The van der Waals surface area contributed by atoms with E-state index in [0.29, 0.717) is 5.56 Å². The van der Waals surface area contributed by atoms with Crippen molar-refractivity contribution in [2.75, 3.05) is 13.7 Å². The molecule has 0 saturated carbocycles. The number of hydrogen-bond acceptors (Lipinski definition) is 6. The number of hydrogen-bond donors (Lipinski definition) is 1. The van der Waals surface area contributed by atoms with Gasteiger partial charge in [-0.3, -0.25) is 19.4 Å². The van der Waals surface area contributed by atoms with Crippen molar-refractivity contribution in [1.29, 1.82) is 0 Å². The fourth-order valence-electron chi connectivity index (χ4n) is 4.81. The molecule has 1 aromatic heterocycles. The maximum atomic E-state index is 14.1. The van der Waals surface area contributed by atoms with E-state index in [-0.39, 0.29) is 61.5 Å². The molecule has 3 heterocycles.